The summed E-state index contributed by atoms with van der Waals surface area (Å²) in [5.74, 6) is 0.782. The molecule has 7 heteroatoms. The highest BCUT2D eigenvalue weighted by molar-refractivity contribution is 7.89. The Kier molecular flexibility index (Phi) is 4.94. The lowest BCUT2D eigenvalue weighted by Gasteiger charge is -2.11. The molecule has 0 aliphatic heterocycles. The van der Waals surface area contributed by atoms with Crippen LogP contribution >= 0.6 is 0 Å². The van der Waals surface area contributed by atoms with Crippen molar-refractivity contribution in [3.8, 4) is 11.5 Å². The van der Waals surface area contributed by atoms with Gasteiger partial charge in [-0.15, -0.1) is 0 Å². The van der Waals surface area contributed by atoms with Gasteiger partial charge in [-0.1, -0.05) is 0 Å². The second kappa shape index (κ2) is 6.03. The Morgan fingerprint density at radius 3 is 2.39 bits per heavy atom. The molecule has 0 heterocycles. The molecular formula is C11H17NO5S. The van der Waals surface area contributed by atoms with Crippen molar-refractivity contribution in [2.75, 3.05) is 20.8 Å². The summed E-state index contributed by atoms with van der Waals surface area (Å²) in [4.78, 5) is 0.0563. The van der Waals surface area contributed by atoms with Crippen molar-refractivity contribution in [3.63, 3.8) is 0 Å². The first-order valence-corrected chi connectivity index (χ1v) is 6.78. The van der Waals surface area contributed by atoms with Crippen molar-refractivity contribution in [3.05, 3.63) is 18.2 Å². The van der Waals surface area contributed by atoms with Gasteiger partial charge >= 0.3 is 0 Å². The Labute approximate surface area is 107 Å². The third-order valence-corrected chi connectivity index (χ3v) is 3.66. The van der Waals surface area contributed by atoms with E-state index in [-0.39, 0.29) is 11.4 Å². The average molecular weight is 275 g/mol. The molecule has 1 aromatic carbocycles. The molecular weight excluding hydrogens is 258 g/mol. The van der Waals surface area contributed by atoms with Crippen molar-refractivity contribution in [1.82, 2.24) is 4.72 Å². The number of ether oxygens (including phenoxy) is 2. The molecule has 0 spiro atoms. The van der Waals surface area contributed by atoms with E-state index in [1.165, 1.54) is 39.3 Å². The highest BCUT2D eigenvalue weighted by atomic mass is 32.2. The van der Waals surface area contributed by atoms with E-state index in [2.05, 4.69) is 4.72 Å². The van der Waals surface area contributed by atoms with Crippen molar-refractivity contribution in [1.29, 1.82) is 0 Å². The van der Waals surface area contributed by atoms with Crippen LogP contribution in [0.4, 0.5) is 0 Å². The Hall–Kier alpha value is -1.31. The summed E-state index contributed by atoms with van der Waals surface area (Å²) in [6.45, 7) is 1.45. The van der Waals surface area contributed by atoms with Crippen LogP contribution < -0.4 is 14.2 Å². The minimum absolute atomic E-state index is 0.0450. The summed E-state index contributed by atoms with van der Waals surface area (Å²) >= 11 is 0. The summed E-state index contributed by atoms with van der Waals surface area (Å²) in [5.41, 5.74) is 0. The summed E-state index contributed by atoms with van der Waals surface area (Å²) in [5, 5.41) is 9.07. The van der Waals surface area contributed by atoms with E-state index in [4.69, 9.17) is 14.6 Å². The Morgan fingerprint density at radius 2 is 1.89 bits per heavy atom. The van der Waals surface area contributed by atoms with Gasteiger partial charge in [-0.05, 0) is 19.1 Å². The third-order valence-electron chi connectivity index (χ3n) is 2.23. The number of methoxy groups -OCH3 is 2. The summed E-state index contributed by atoms with van der Waals surface area (Å²) < 4.78 is 36.1. The van der Waals surface area contributed by atoms with Crippen LogP contribution in [0.3, 0.4) is 0 Å². The van der Waals surface area contributed by atoms with Gasteiger partial charge in [-0.3, -0.25) is 0 Å². The maximum absolute atomic E-state index is 11.9. The molecule has 102 valence electrons. The average Bonchev–Trinajstić information content (AvgIpc) is 2.35. The molecule has 0 fully saturated rings. The number of sulfonamides is 1. The summed E-state index contributed by atoms with van der Waals surface area (Å²) in [6.07, 6.45) is -0.750. The molecule has 0 aliphatic carbocycles. The van der Waals surface area contributed by atoms with Crippen molar-refractivity contribution >= 4 is 10.0 Å². The lowest BCUT2D eigenvalue weighted by molar-refractivity contribution is 0.198. The van der Waals surface area contributed by atoms with Crippen molar-refractivity contribution in [2.24, 2.45) is 0 Å². The highest BCUT2D eigenvalue weighted by Crippen LogP contribution is 2.29. The number of hydrogen-bond acceptors (Lipinski definition) is 5. The molecule has 1 atom stereocenters. The zero-order valence-electron chi connectivity index (χ0n) is 10.5. The van der Waals surface area contributed by atoms with Gasteiger partial charge in [0.25, 0.3) is 0 Å². The van der Waals surface area contributed by atoms with Crippen LogP contribution in [0.1, 0.15) is 6.92 Å². The first-order valence-electron chi connectivity index (χ1n) is 5.30. The first kappa shape index (κ1) is 14.7. The van der Waals surface area contributed by atoms with Gasteiger partial charge in [-0.2, -0.15) is 0 Å². The van der Waals surface area contributed by atoms with Gasteiger partial charge in [0.05, 0.1) is 25.2 Å². The van der Waals surface area contributed by atoms with Crippen LogP contribution in [-0.4, -0.2) is 40.4 Å². The van der Waals surface area contributed by atoms with Crippen LogP contribution in [0.15, 0.2) is 23.1 Å². The zero-order valence-corrected chi connectivity index (χ0v) is 11.3. The number of nitrogens with one attached hydrogen (secondary N) is 1. The van der Waals surface area contributed by atoms with Gasteiger partial charge in [0.15, 0.2) is 11.5 Å². The molecule has 0 bridgehead atoms. The number of aliphatic hydroxyl groups is 1. The molecule has 1 unspecified atom stereocenters. The second-order valence-electron chi connectivity index (χ2n) is 3.72. The SMILES string of the molecule is COc1ccc(S(=O)(=O)NCC(C)O)cc1OC. The zero-order chi connectivity index (χ0) is 13.8. The van der Waals surface area contributed by atoms with E-state index < -0.39 is 16.1 Å². The van der Waals surface area contributed by atoms with Gasteiger partial charge in [0.2, 0.25) is 10.0 Å². The largest absolute Gasteiger partial charge is 0.493 e. The molecule has 0 aromatic heterocycles. The van der Waals surface area contributed by atoms with E-state index in [9.17, 15) is 8.42 Å². The molecule has 0 aliphatic rings. The minimum Gasteiger partial charge on any atom is -0.493 e. The maximum atomic E-state index is 11.9. The molecule has 0 radical (unpaired) electrons. The van der Waals surface area contributed by atoms with Gasteiger partial charge < -0.3 is 14.6 Å². The van der Waals surface area contributed by atoms with Crippen LogP contribution in [-0.2, 0) is 10.0 Å². The quantitative estimate of drug-likeness (QED) is 0.783. The molecule has 18 heavy (non-hydrogen) atoms. The summed E-state index contributed by atoms with van der Waals surface area (Å²) in [7, 11) is -0.760. The van der Waals surface area contributed by atoms with Crippen LogP contribution in [0.25, 0.3) is 0 Å². The van der Waals surface area contributed by atoms with Crippen molar-refractivity contribution in [2.45, 2.75) is 17.9 Å². The van der Waals surface area contributed by atoms with E-state index in [0.717, 1.165) is 0 Å². The standard InChI is InChI=1S/C11H17NO5S/c1-8(13)7-12-18(14,15)9-4-5-10(16-2)11(6-9)17-3/h4-6,8,12-13H,7H2,1-3H3. The summed E-state index contributed by atoms with van der Waals surface area (Å²) in [6, 6.07) is 4.28. The van der Waals surface area contributed by atoms with Gasteiger partial charge in [-0.25, -0.2) is 13.1 Å². The smallest absolute Gasteiger partial charge is 0.240 e. The predicted molar refractivity (Wildman–Crippen MR) is 66.4 cm³/mol. The molecule has 1 aromatic rings. The van der Waals surface area contributed by atoms with E-state index in [1.807, 2.05) is 0 Å². The highest BCUT2D eigenvalue weighted by Gasteiger charge is 2.17. The topological polar surface area (TPSA) is 84.9 Å². The second-order valence-corrected chi connectivity index (χ2v) is 5.48. The molecule has 0 saturated heterocycles. The number of aliphatic hydroxyl groups excluding tert-OH is 1. The number of hydrogen-bond donors (Lipinski definition) is 2. The fraction of sp³-hybridized carbons (Fsp3) is 0.455. The van der Waals surface area contributed by atoms with Gasteiger partial charge in [0, 0.05) is 12.6 Å². The monoisotopic (exact) mass is 275 g/mol. The molecule has 1 rings (SSSR count). The fourth-order valence-electron chi connectivity index (χ4n) is 1.30. The molecule has 2 N–H and O–H groups in total. The predicted octanol–water partition coefficient (Wildman–Crippen LogP) is 0.363. The Bertz CT molecular complexity index is 498. The van der Waals surface area contributed by atoms with Crippen LogP contribution in [0.2, 0.25) is 0 Å². The van der Waals surface area contributed by atoms with Crippen LogP contribution in [0, 0.1) is 0 Å². The number of rotatable bonds is 6. The lowest BCUT2D eigenvalue weighted by Crippen LogP contribution is -2.30. The van der Waals surface area contributed by atoms with E-state index >= 15 is 0 Å². The third kappa shape index (κ3) is 3.59. The van der Waals surface area contributed by atoms with E-state index in [0.29, 0.717) is 11.5 Å². The number of benzene rings is 1. The maximum Gasteiger partial charge on any atom is 0.240 e. The van der Waals surface area contributed by atoms with E-state index in [1.54, 1.807) is 0 Å². The minimum atomic E-state index is -3.66. The first-order chi connectivity index (χ1) is 8.40. The molecule has 6 nitrogen and oxygen atoms in total. The lowest BCUT2D eigenvalue weighted by atomic mass is 10.3. The normalized spacial score (nSPS) is 13.1. The molecule has 0 amide bonds. The Morgan fingerprint density at radius 1 is 1.28 bits per heavy atom. The van der Waals surface area contributed by atoms with Gasteiger partial charge in [0.1, 0.15) is 0 Å². The van der Waals surface area contributed by atoms with Crippen molar-refractivity contribution < 1.29 is 23.0 Å². The van der Waals surface area contributed by atoms with Crippen LogP contribution in [0.5, 0.6) is 11.5 Å². The molecule has 0 saturated carbocycles. The Balaban J connectivity index is 3.02. The fourth-order valence-corrected chi connectivity index (χ4v) is 2.43.